The predicted molar refractivity (Wildman–Crippen MR) is 150 cm³/mol. The summed E-state index contributed by atoms with van der Waals surface area (Å²) >= 11 is 0. The zero-order valence-electron chi connectivity index (χ0n) is 23.5. The largest absolute Gasteiger partial charge is 0.490 e. The molecule has 1 rings (SSSR count). The molecule has 0 atom stereocenters. The number of hydrogen-bond donors (Lipinski definition) is 0. The zero-order valence-corrected chi connectivity index (χ0v) is 23.5. The van der Waals surface area contributed by atoms with Crippen LogP contribution in [0.5, 0.6) is 11.5 Å². The van der Waals surface area contributed by atoms with E-state index in [9.17, 15) is 4.79 Å². The number of carbonyl (C=O) groups excluding carboxylic acids is 1. The van der Waals surface area contributed by atoms with E-state index in [1.807, 2.05) is 36.9 Å². The average molecular weight is 490 g/mol. The van der Waals surface area contributed by atoms with Crippen LogP contribution in [0.4, 0.5) is 0 Å². The molecular weight excluding hydrogens is 434 g/mol. The van der Waals surface area contributed by atoms with Crippen molar-refractivity contribution >= 4 is 5.91 Å². The number of amides is 1. The molecule has 202 valence electrons. The lowest BCUT2D eigenvalue weighted by molar-refractivity contribution is 0.0772. The second-order valence-corrected chi connectivity index (χ2v) is 9.79. The number of hydrogen-bond acceptors (Lipinski definition) is 3. The summed E-state index contributed by atoms with van der Waals surface area (Å²) < 4.78 is 12.3. The van der Waals surface area contributed by atoms with Crippen LogP contribution < -0.4 is 9.47 Å². The standard InChI is InChI=1S/C31H55NO3/c1-5-9-11-13-15-17-19-21-25-34-29-24-23-28(31(33)32(7-3)8-4)27-30(29)35-26-22-20-18-16-14-12-10-6-2/h23-24,27H,5-22,25-26H2,1-4H3. The molecule has 0 aliphatic heterocycles. The Morgan fingerprint density at radius 1 is 0.600 bits per heavy atom. The fourth-order valence-corrected chi connectivity index (χ4v) is 4.40. The Morgan fingerprint density at radius 3 is 1.49 bits per heavy atom. The molecule has 4 heteroatoms. The third-order valence-corrected chi connectivity index (χ3v) is 6.75. The Kier molecular flexibility index (Phi) is 19.3. The van der Waals surface area contributed by atoms with Gasteiger partial charge in [-0.05, 0) is 44.9 Å². The molecule has 1 aromatic carbocycles. The van der Waals surface area contributed by atoms with Crippen molar-refractivity contribution in [2.24, 2.45) is 0 Å². The van der Waals surface area contributed by atoms with E-state index < -0.39 is 0 Å². The second-order valence-electron chi connectivity index (χ2n) is 9.79. The van der Waals surface area contributed by atoms with Crippen molar-refractivity contribution in [2.75, 3.05) is 26.3 Å². The van der Waals surface area contributed by atoms with Crippen molar-refractivity contribution in [1.82, 2.24) is 4.90 Å². The maximum absolute atomic E-state index is 12.8. The van der Waals surface area contributed by atoms with Crippen molar-refractivity contribution < 1.29 is 14.3 Å². The van der Waals surface area contributed by atoms with Crippen molar-refractivity contribution in [3.63, 3.8) is 0 Å². The molecule has 1 amide bonds. The SMILES string of the molecule is CCCCCCCCCCOc1ccc(C(=O)N(CC)CC)cc1OCCCCCCCCCC. The van der Waals surface area contributed by atoms with Gasteiger partial charge in [0.25, 0.3) is 5.91 Å². The molecule has 35 heavy (non-hydrogen) atoms. The highest BCUT2D eigenvalue weighted by Crippen LogP contribution is 2.30. The first-order valence-electron chi connectivity index (χ1n) is 14.9. The van der Waals surface area contributed by atoms with Crippen LogP contribution >= 0.6 is 0 Å². The first-order chi connectivity index (χ1) is 17.2. The van der Waals surface area contributed by atoms with E-state index in [4.69, 9.17) is 9.47 Å². The summed E-state index contributed by atoms with van der Waals surface area (Å²) in [6.07, 6.45) is 20.5. The summed E-state index contributed by atoms with van der Waals surface area (Å²) in [5, 5.41) is 0. The maximum Gasteiger partial charge on any atom is 0.253 e. The van der Waals surface area contributed by atoms with Crippen LogP contribution in [0.2, 0.25) is 0 Å². The van der Waals surface area contributed by atoms with Crippen molar-refractivity contribution in [2.45, 2.75) is 130 Å². The number of nitrogens with zero attached hydrogens (tertiary/aromatic N) is 1. The van der Waals surface area contributed by atoms with E-state index in [-0.39, 0.29) is 5.91 Å². The highest BCUT2D eigenvalue weighted by Gasteiger charge is 2.16. The van der Waals surface area contributed by atoms with Crippen molar-refractivity contribution in [3.8, 4) is 11.5 Å². The maximum atomic E-state index is 12.8. The van der Waals surface area contributed by atoms with Gasteiger partial charge in [-0.1, -0.05) is 104 Å². The summed E-state index contributed by atoms with van der Waals surface area (Å²) in [7, 11) is 0. The molecule has 0 spiro atoms. The van der Waals surface area contributed by atoms with Crippen LogP contribution in [0, 0.1) is 0 Å². The molecule has 0 N–H and O–H groups in total. The lowest BCUT2D eigenvalue weighted by Gasteiger charge is -2.20. The Labute approximate surface area is 217 Å². The highest BCUT2D eigenvalue weighted by atomic mass is 16.5. The summed E-state index contributed by atoms with van der Waals surface area (Å²) in [5.74, 6) is 1.54. The normalized spacial score (nSPS) is 11.0. The molecule has 0 aliphatic carbocycles. The molecule has 0 radical (unpaired) electrons. The monoisotopic (exact) mass is 489 g/mol. The molecule has 0 heterocycles. The Morgan fingerprint density at radius 2 is 1.03 bits per heavy atom. The van der Waals surface area contributed by atoms with Gasteiger partial charge < -0.3 is 14.4 Å². The summed E-state index contributed by atoms with van der Waals surface area (Å²) in [6.45, 7) is 11.3. The van der Waals surface area contributed by atoms with E-state index in [2.05, 4.69) is 13.8 Å². The molecule has 0 aromatic heterocycles. The van der Waals surface area contributed by atoms with Crippen LogP contribution in [-0.2, 0) is 0 Å². The van der Waals surface area contributed by atoms with Crippen LogP contribution in [0.1, 0.15) is 141 Å². The number of unbranched alkanes of at least 4 members (excludes halogenated alkanes) is 14. The molecule has 1 aromatic rings. The van der Waals surface area contributed by atoms with Gasteiger partial charge in [-0.2, -0.15) is 0 Å². The van der Waals surface area contributed by atoms with E-state index in [1.54, 1.807) is 0 Å². The lowest BCUT2D eigenvalue weighted by Crippen LogP contribution is -2.30. The van der Waals surface area contributed by atoms with E-state index >= 15 is 0 Å². The second kappa shape index (κ2) is 21.6. The van der Waals surface area contributed by atoms with Crippen LogP contribution in [0.25, 0.3) is 0 Å². The molecule has 4 nitrogen and oxygen atoms in total. The number of carbonyl (C=O) groups is 1. The van der Waals surface area contributed by atoms with Gasteiger partial charge in [-0.3, -0.25) is 4.79 Å². The Bertz CT molecular complexity index is 642. The van der Waals surface area contributed by atoms with Gasteiger partial charge in [0.15, 0.2) is 11.5 Å². The zero-order chi connectivity index (χ0) is 25.6. The van der Waals surface area contributed by atoms with Gasteiger partial charge in [-0.25, -0.2) is 0 Å². The molecular formula is C31H55NO3. The third kappa shape index (κ3) is 14.4. The fraction of sp³-hybridized carbons (Fsp3) is 0.774. The summed E-state index contributed by atoms with van der Waals surface area (Å²) in [6, 6.07) is 5.69. The molecule has 0 unspecified atom stereocenters. The van der Waals surface area contributed by atoms with Crippen molar-refractivity contribution in [1.29, 1.82) is 0 Å². The van der Waals surface area contributed by atoms with Gasteiger partial charge >= 0.3 is 0 Å². The van der Waals surface area contributed by atoms with Crippen molar-refractivity contribution in [3.05, 3.63) is 23.8 Å². The van der Waals surface area contributed by atoms with Crippen LogP contribution in [0.3, 0.4) is 0 Å². The predicted octanol–water partition coefficient (Wildman–Crippen LogP) is 9.21. The highest BCUT2D eigenvalue weighted by molar-refractivity contribution is 5.94. The van der Waals surface area contributed by atoms with Crippen LogP contribution in [-0.4, -0.2) is 37.1 Å². The minimum atomic E-state index is 0.0570. The fourth-order valence-electron chi connectivity index (χ4n) is 4.40. The summed E-state index contributed by atoms with van der Waals surface area (Å²) in [4.78, 5) is 14.7. The quantitative estimate of drug-likeness (QED) is 0.144. The summed E-state index contributed by atoms with van der Waals surface area (Å²) in [5.41, 5.74) is 0.680. The van der Waals surface area contributed by atoms with Crippen LogP contribution in [0.15, 0.2) is 18.2 Å². The lowest BCUT2D eigenvalue weighted by atomic mass is 10.1. The Balaban J connectivity index is 2.53. The first-order valence-corrected chi connectivity index (χ1v) is 14.9. The number of ether oxygens (including phenoxy) is 2. The Hall–Kier alpha value is -1.71. The molecule has 0 aliphatic rings. The number of benzene rings is 1. The van der Waals surface area contributed by atoms with Gasteiger partial charge in [-0.15, -0.1) is 0 Å². The van der Waals surface area contributed by atoms with E-state index in [0.29, 0.717) is 37.6 Å². The number of rotatable bonds is 23. The van der Waals surface area contributed by atoms with Gasteiger partial charge in [0.1, 0.15) is 0 Å². The molecule has 0 fully saturated rings. The molecule has 0 bridgehead atoms. The molecule has 0 saturated heterocycles. The van der Waals surface area contributed by atoms with E-state index in [1.165, 1.54) is 89.9 Å². The minimum Gasteiger partial charge on any atom is -0.490 e. The van der Waals surface area contributed by atoms with Gasteiger partial charge in [0, 0.05) is 18.7 Å². The molecule has 0 saturated carbocycles. The topological polar surface area (TPSA) is 38.8 Å². The van der Waals surface area contributed by atoms with E-state index in [0.717, 1.165) is 18.6 Å². The minimum absolute atomic E-state index is 0.0570. The first kappa shape index (κ1) is 31.3. The van der Waals surface area contributed by atoms with Gasteiger partial charge in [0.2, 0.25) is 0 Å². The average Bonchev–Trinajstić information content (AvgIpc) is 2.87. The van der Waals surface area contributed by atoms with Gasteiger partial charge in [0.05, 0.1) is 13.2 Å². The smallest absolute Gasteiger partial charge is 0.253 e. The third-order valence-electron chi connectivity index (χ3n) is 6.75.